The molecule has 0 spiro atoms. The minimum absolute atomic E-state index is 0.0863. The van der Waals surface area contributed by atoms with E-state index in [-0.39, 0.29) is 5.69 Å². The third-order valence-electron chi connectivity index (χ3n) is 3.38. The van der Waals surface area contributed by atoms with Crippen LogP contribution in [0.2, 0.25) is 5.02 Å². The van der Waals surface area contributed by atoms with Crippen LogP contribution in [0.25, 0.3) is 6.08 Å². The molecule has 0 aromatic heterocycles. The summed E-state index contributed by atoms with van der Waals surface area (Å²) in [5, 5.41) is 13.8. The number of nitrogens with zero attached hydrogens (tertiary/aromatic N) is 1. The van der Waals surface area contributed by atoms with Gasteiger partial charge in [-0.1, -0.05) is 29.8 Å². The summed E-state index contributed by atoms with van der Waals surface area (Å²) in [6.45, 7) is 1.29. The zero-order chi connectivity index (χ0) is 19.1. The van der Waals surface area contributed by atoms with Crippen molar-refractivity contribution < 1.29 is 19.2 Å². The molecule has 0 atom stereocenters. The van der Waals surface area contributed by atoms with Crippen molar-refractivity contribution in [3.63, 3.8) is 0 Å². The Morgan fingerprint density at radius 3 is 2.73 bits per heavy atom. The van der Waals surface area contributed by atoms with E-state index in [1.165, 1.54) is 24.3 Å². The molecule has 8 heteroatoms. The Balaban J connectivity index is 1.88. The number of carbonyl (C=O) groups is 2. The van der Waals surface area contributed by atoms with Gasteiger partial charge < -0.3 is 10.1 Å². The van der Waals surface area contributed by atoms with Crippen molar-refractivity contribution in [1.29, 1.82) is 0 Å². The molecule has 26 heavy (non-hydrogen) atoms. The number of benzene rings is 2. The van der Waals surface area contributed by atoms with E-state index >= 15 is 0 Å². The van der Waals surface area contributed by atoms with Crippen LogP contribution >= 0.6 is 11.6 Å². The smallest absolute Gasteiger partial charge is 0.331 e. The maximum Gasteiger partial charge on any atom is 0.331 e. The second-order valence-corrected chi connectivity index (χ2v) is 5.66. The monoisotopic (exact) mass is 374 g/mol. The van der Waals surface area contributed by atoms with Crippen molar-refractivity contribution in [3.05, 3.63) is 74.8 Å². The van der Waals surface area contributed by atoms with E-state index in [1.807, 2.05) is 0 Å². The topological polar surface area (TPSA) is 98.5 Å². The second kappa shape index (κ2) is 8.77. The summed E-state index contributed by atoms with van der Waals surface area (Å²) >= 11 is 5.97. The van der Waals surface area contributed by atoms with Crippen molar-refractivity contribution >= 4 is 40.9 Å². The van der Waals surface area contributed by atoms with Gasteiger partial charge in [-0.25, -0.2) is 4.79 Å². The summed E-state index contributed by atoms with van der Waals surface area (Å²) in [7, 11) is 0. The van der Waals surface area contributed by atoms with Gasteiger partial charge in [-0.3, -0.25) is 14.9 Å². The molecule has 0 heterocycles. The van der Waals surface area contributed by atoms with Gasteiger partial charge in [0, 0.05) is 28.9 Å². The predicted octanol–water partition coefficient (Wildman–Crippen LogP) is 3.75. The van der Waals surface area contributed by atoms with Crippen molar-refractivity contribution in [2.75, 3.05) is 11.9 Å². The van der Waals surface area contributed by atoms with Crippen LogP contribution in [-0.4, -0.2) is 23.4 Å². The van der Waals surface area contributed by atoms with E-state index in [0.29, 0.717) is 21.8 Å². The van der Waals surface area contributed by atoms with Gasteiger partial charge in [-0.15, -0.1) is 0 Å². The molecule has 0 saturated heterocycles. The summed E-state index contributed by atoms with van der Waals surface area (Å²) in [5.41, 5.74) is 1.62. The molecule has 2 aromatic rings. The predicted molar refractivity (Wildman–Crippen MR) is 97.9 cm³/mol. The zero-order valence-electron chi connectivity index (χ0n) is 13.8. The normalized spacial score (nSPS) is 10.5. The van der Waals surface area contributed by atoms with Gasteiger partial charge >= 0.3 is 5.97 Å². The van der Waals surface area contributed by atoms with Gasteiger partial charge in [-0.05, 0) is 36.3 Å². The largest absolute Gasteiger partial charge is 0.452 e. The van der Waals surface area contributed by atoms with Gasteiger partial charge in [0.25, 0.3) is 11.6 Å². The lowest BCUT2D eigenvalue weighted by molar-refractivity contribution is -0.384. The van der Waals surface area contributed by atoms with Crippen LogP contribution in [-0.2, 0) is 14.3 Å². The number of nitrogens with one attached hydrogen (secondary N) is 1. The molecule has 134 valence electrons. The average molecular weight is 375 g/mol. The Bertz CT molecular complexity index is 880. The quantitative estimate of drug-likeness (QED) is 0.359. The number of halogens is 1. The van der Waals surface area contributed by atoms with E-state index in [2.05, 4.69) is 5.32 Å². The molecule has 0 aliphatic carbocycles. The lowest BCUT2D eigenvalue weighted by atomic mass is 10.2. The molecule has 2 rings (SSSR count). The van der Waals surface area contributed by atoms with Crippen LogP contribution < -0.4 is 5.32 Å². The minimum atomic E-state index is -0.741. The molecule has 0 radical (unpaired) electrons. The van der Waals surface area contributed by atoms with E-state index in [4.69, 9.17) is 16.3 Å². The molecule has 0 bridgehead atoms. The Labute approximate surface area is 154 Å². The number of anilines is 1. The molecule has 0 aliphatic rings. The fourth-order valence-corrected chi connectivity index (χ4v) is 2.19. The van der Waals surface area contributed by atoms with E-state index < -0.39 is 23.4 Å². The summed E-state index contributed by atoms with van der Waals surface area (Å²) in [4.78, 5) is 33.7. The Morgan fingerprint density at radius 2 is 2.00 bits per heavy atom. The maximum absolute atomic E-state index is 11.8. The molecule has 1 amide bonds. The highest BCUT2D eigenvalue weighted by Crippen LogP contribution is 2.22. The lowest BCUT2D eigenvalue weighted by Crippen LogP contribution is -2.20. The summed E-state index contributed by atoms with van der Waals surface area (Å²) in [6, 6.07) is 10.8. The number of hydrogen-bond donors (Lipinski definition) is 1. The molecular weight excluding hydrogens is 360 g/mol. The van der Waals surface area contributed by atoms with Gasteiger partial charge in [0.15, 0.2) is 6.61 Å². The number of rotatable bonds is 6. The van der Waals surface area contributed by atoms with Crippen LogP contribution in [0, 0.1) is 17.0 Å². The average Bonchev–Trinajstić information content (AvgIpc) is 2.62. The minimum Gasteiger partial charge on any atom is -0.452 e. The Morgan fingerprint density at radius 1 is 1.27 bits per heavy atom. The zero-order valence-corrected chi connectivity index (χ0v) is 14.5. The first-order chi connectivity index (χ1) is 12.4. The number of nitro groups is 1. The first-order valence-corrected chi connectivity index (χ1v) is 7.89. The molecular formula is C18H15ClN2O5. The molecule has 0 saturated carbocycles. The highest BCUT2D eigenvalue weighted by molar-refractivity contribution is 6.31. The van der Waals surface area contributed by atoms with E-state index in [1.54, 1.807) is 31.2 Å². The standard InChI is InChI=1S/C18H15ClN2O5/c1-12-15(19)6-3-7-16(12)20-17(22)11-26-18(23)9-8-13-4-2-5-14(10-13)21(24)25/h2-10H,11H2,1H3,(H,20,22). The van der Waals surface area contributed by atoms with Crippen molar-refractivity contribution in [1.82, 2.24) is 0 Å². The molecule has 0 unspecified atom stereocenters. The third kappa shape index (κ3) is 5.42. The van der Waals surface area contributed by atoms with Crippen molar-refractivity contribution in [3.8, 4) is 0 Å². The van der Waals surface area contributed by atoms with Gasteiger partial charge in [0.1, 0.15) is 0 Å². The SMILES string of the molecule is Cc1c(Cl)cccc1NC(=O)COC(=O)C=Cc1cccc([N+](=O)[O-])c1. The number of esters is 1. The van der Waals surface area contributed by atoms with Crippen LogP contribution in [0.3, 0.4) is 0 Å². The number of ether oxygens (including phenoxy) is 1. The van der Waals surface area contributed by atoms with E-state index in [0.717, 1.165) is 6.08 Å². The molecule has 1 N–H and O–H groups in total. The molecule has 2 aromatic carbocycles. The number of non-ortho nitro benzene ring substituents is 1. The first kappa shape index (κ1) is 19.1. The molecule has 0 aliphatic heterocycles. The highest BCUT2D eigenvalue weighted by atomic mass is 35.5. The third-order valence-corrected chi connectivity index (χ3v) is 3.79. The lowest BCUT2D eigenvalue weighted by Gasteiger charge is -2.09. The number of carbonyl (C=O) groups excluding carboxylic acids is 2. The summed E-state index contributed by atoms with van der Waals surface area (Å²) < 4.78 is 4.84. The fraction of sp³-hybridized carbons (Fsp3) is 0.111. The van der Waals surface area contributed by atoms with Gasteiger partial charge in [-0.2, -0.15) is 0 Å². The Hall–Kier alpha value is -3.19. The van der Waals surface area contributed by atoms with Crippen molar-refractivity contribution in [2.45, 2.75) is 6.92 Å². The van der Waals surface area contributed by atoms with Crippen molar-refractivity contribution in [2.24, 2.45) is 0 Å². The summed E-state index contributed by atoms with van der Waals surface area (Å²) in [6.07, 6.45) is 2.46. The van der Waals surface area contributed by atoms with Gasteiger partial charge in [0.05, 0.1) is 4.92 Å². The van der Waals surface area contributed by atoms with Crippen LogP contribution in [0.15, 0.2) is 48.5 Å². The fourth-order valence-electron chi connectivity index (χ4n) is 2.02. The molecule has 7 nitrogen and oxygen atoms in total. The van der Waals surface area contributed by atoms with Crippen LogP contribution in [0.4, 0.5) is 11.4 Å². The Kier molecular flexibility index (Phi) is 6.46. The highest BCUT2D eigenvalue weighted by Gasteiger charge is 2.09. The number of hydrogen-bond acceptors (Lipinski definition) is 5. The number of nitro benzene ring substituents is 1. The molecule has 0 fully saturated rings. The summed E-state index contributed by atoms with van der Waals surface area (Å²) in [5.74, 6) is -1.25. The van der Waals surface area contributed by atoms with Crippen LogP contribution in [0.1, 0.15) is 11.1 Å². The van der Waals surface area contributed by atoms with E-state index in [9.17, 15) is 19.7 Å². The number of amides is 1. The maximum atomic E-state index is 11.8. The van der Waals surface area contributed by atoms with Gasteiger partial charge in [0.2, 0.25) is 0 Å². The second-order valence-electron chi connectivity index (χ2n) is 5.25. The first-order valence-electron chi connectivity index (χ1n) is 7.51. The van der Waals surface area contributed by atoms with Crippen LogP contribution in [0.5, 0.6) is 0 Å².